The molecule has 1 fully saturated rings. The summed E-state index contributed by atoms with van der Waals surface area (Å²) in [5.41, 5.74) is 5.82. The van der Waals surface area contributed by atoms with E-state index in [1.54, 1.807) is 4.90 Å². The van der Waals surface area contributed by atoms with Crippen LogP contribution in [-0.4, -0.2) is 41.4 Å². The number of imide groups is 1. The SMILES string of the molecule is C[C@H](OC(=O)[C@@H]1CC(=O)N([C@@H](C)c2ccccc2)C1)C(=O)NC(N)=O. The largest absolute Gasteiger partial charge is 0.452 e. The van der Waals surface area contributed by atoms with Crippen LogP contribution in [0.3, 0.4) is 0 Å². The van der Waals surface area contributed by atoms with Crippen molar-refractivity contribution in [1.29, 1.82) is 0 Å². The van der Waals surface area contributed by atoms with Crippen LogP contribution >= 0.6 is 0 Å². The number of carbonyl (C=O) groups excluding carboxylic acids is 4. The van der Waals surface area contributed by atoms with Crippen LogP contribution in [0, 0.1) is 5.92 Å². The number of hydrogen-bond acceptors (Lipinski definition) is 5. The quantitative estimate of drug-likeness (QED) is 0.761. The van der Waals surface area contributed by atoms with Gasteiger partial charge in [0.05, 0.1) is 12.0 Å². The van der Waals surface area contributed by atoms with E-state index in [2.05, 4.69) is 0 Å². The molecule has 0 aliphatic carbocycles. The van der Waals surface area contributed by atoms with Gasteiger partial charge >= 0.3 is 12.0 Å². The molecule has 1 heterocycles. The summed E-state index contributed by atoms with van der Waals surface area (Å²) >= 11 is 0. The number of carbonyl (C=O) groups is 4. The van der Waals surface area contributed by atoms with Gasteiger partial charge in [-0.25, -0.2) is 4.79 Å². The second kappa shape index (κ2) is 7.78. The van der Waals surface area contributed by atoms with Gasteiger partial charge in [-0.05, 0) is 19.4 Å². The van der Waals surface area contributed by atoms with Gasteiger partial charge < -0.3 is 15.4 Å². The minimum Gasteiger partial charge on any atom is -0.452 e. The first-order valence-corrected chi connectivity index (χ1v) is 7.94. The smallest absolute Gasteiger partial charge is 0.318 e. The van der Waals surface area contributed by atoms with Gasteiger partial charge in [0.1, 0.15) is 0 Å². The number of benzene rings is 1. The molecular formula is C17H21N3O5. The topological polar surface area (TPSA) is 119 Å². The first-order chi connectivity index (χ1) is 11.8. The molecule has 1 aliphatic rings. The highest BCUT2D eigenvalue weighted by Crippen LogP contribution is 2.29. The van der Waals surface area contributed by atoms with Gasteiger partial charge in [-0.2, -0.15) is 0 Å². The van der Waals surface area contributed by atoms with Crippen molar-refractivity contribution in [2.45, 2.75) is 32.4 Å². The highest BCUT2D eigenvalue weighted by atomic mass is 16.5. The molecule has 3 atom stereocenters. The number of nitrogens with one attached hydrogen (secondary N) is 1. The zero-order valence-electron chi connectivity index (χ0n) is 14.1. The number of likely N-dealkylation sites (tertiary alicyclic amines) is 1. The summed E-state index contributed by atoms with van der Waals surface area (Å²) in [6.07, 6.45) is -1.14. The van der Waals surface area contributed by atoms with Gasteiger partial charge in [0.25, 0.3) is 5.91 Å². The third-order valence-corrected chi connectivity index (χ3v) is 4.15. The van der Waals surface area contributed by atoms with Crippen LogP contribution in [0.2, 0.25) is 0 Å². The normalized spacial score (nSPS) is 19.2. The van der Waals surface area contributed by atoms with E-state index in [0.29, 0.717) is 0 Å². The Labute approximate surface area is 145 Å². The maximum absolute atomic E-state index is 12.2. The molecule has 2 rings (SSSR count). The fourth-order valence-electron chi connectivity index (χ4n) is 2.72. The van der Waals surface area contributed by atoms with E-state index < -0.39 is 29.9 Å². The summed E-state index contributed by atoms with van der Waals surface area (Å²) in [6, 6.07) is 8.31. The minimum atomic E-state index is -1.17. The summed E-state index contributed by atoms with van der Waals surface area (Å²) in [5.74, 6) is -2.25. The minimum absolute atomic E-state index is 0.0279. The second-order valence-electron chi connectivity index (χ2n) is 5.97. The molecule has 0 saturated carbocycles. The first kappa shape index (κ1) is 18.4. The van der Waals surface area contributed by atoms with Crippen LogP contribution in [0.5, 0.6) is 0 Å². The molecule has 0 unspecified atom stereocenters. The highest BCUT2D eigenvalue weighted by molar-refractivity contribution is 5.96. The molecule has 1 aromatic rings. The molecule has 0 aromatic heterocycles. The zero-order chi connectivity index (χ0) is 18.6. The summed E-state index contributed by atoms with van der Waals surface area (Å²) in [7, 11) is 0. The van der Waals surface area contributed by atoms with Crippen LogP contribution < -0.4 is 11.1 Å². The molecule has 134 valence electrons. The predicted molar refractivity (Wildman–Crippen MR) is 88.0 cm³/mol. The van der Waals surface area contributed by atoms with E-state index in [0.717, 1.165) is 5.56 Å². The predicted octanol–water partition coefficient (Wildman–Crippen LogP) is 0.723. The lowest BCUT2D eigenvalue weighted by atomic mass is 10.1. The monoisotopic (exact) mass is 347 g/mol. The molecule has 25 heavy (non-hydrogen) atoms. The Bertz CT molecular complexity index is 676. The highest BCUT2D eigenvalue weighted by Gasteiger charge is 2.38. The molecule has 8 nitrogen and oxygen atoms in total. The van der Waals surface area contributed by atoms with E-state index in [1.807, 2.05) is 42.6 Å². The Kier molecular flexibility index (Phi) is 5.74. The van der Waals surface area contributed by atoms with E-state index in [4.69, 9.17) is 10.5 Å². The van der Waals surface area contributed by atoms with Crippen molar-refractivity contribution in [2.24, 2.45) is 11.7 Å². The van der Waals surface area contributed by atoms with Crippen molar-refractivity contribution in [3.8, 4) is 0 Å². The van der Waals surface area contributed by atoms with Crippen molar-refractivity contribution >= 4 is 23.8 Å². The van der Waals surface area contributed by atoms with Crippen LogP contribution in [0.25, 0.3) is 0 Å². The maximum atomic E-state index is 12.2. The first-order valence-electron chi connectivity index (χ1n) is 7.94. The van der Waals surface area contributed by atoms with Crippen molar-refractivity contribution in [1.82, 2.24) is 10.2 Å². The number of esters is 1. The number of primary amides is 1. The molecule has 4 amide bonds. The van der Waals surface area contributed by atoms with Crippen molar-refractivity contribution in [3.05, 3.63) is 35.9 Å². The average Bonchev–Trinajstić information content (AvgIpc) is 2.96. The lowest BCUT2D eigenvalue weighted by Crippen LogP contribution is -2.42. The van der Waals surface area contributed by atoms with Gasteiger partial charge in [-0.1, -0.05) is 30.3 Å². The summed E-state index contributed by atoms with van der Waals surface area (Å²) in [5, 5.41) is 1.84. The molecule has 1 saturated heterocycles. The van der Waals surface area contributed by atoms with Crippen LogP contribution in [0.1, 0.15) is 31.9 Å². The van der Waals surface area contributed by atoms with E-state index in [9.17, 15) is 19.2 Å². The Hall–Kier alpha value is -2.90. The average molecular weight is 347 g/mol. The van der Waals surface area contributed by atoms with Crippen molar-refractivity contribution in [3.63, 3.8) is 0 Å². The lowest BCUT2D eigenvalue weighted by Gasteiger charge is -2.25. The second-order valence-corrected chi connectivity index (χ2v) is 5.97. The van der Waals surface area contributed by atoms with Crippen LogP contribution in [0.4, 0.5) is 4.79 Å². The number of urea groups is 1. The summed E-state index contributed by atoms with van der Waals surface area (Å²) in [4.78, 5) is 48.3. The molecule has 8 heteroatoms. The number of ether oxygens (including phenoxy) is 1. The summed E-state index contributed by atoms with van der Waals surface area (Å²) < 4.78 is 5.04. The fourth-order valence-corrected chi connectivity index (χ4v) is 2.72. The zero-order valence-corrected chi connectivity index (χ0v) is 14.1. The maximum Gasteiger partial charge on any atom is 0.318 e. The van der Waals surface area contributed by atoms with Gasteiger partial charge in [-0.3, -0.25) is 19.7 Å². The fraction of sp³-hybridized carbons (Fsp3) is 0.412. The molecule has 3 N–H and O–H groups in total. The van der Waals surface area contributed by atoms with Gasteiger partial charge in [-0.15, -0.1) is 0 Å². The molecular weight excluding hydrogens is 326 g/mol. The number of nitrogens with two attached hydrogens (primary N) is 1. The van der Waals surface area contributed by atoms with E-state index in [-0.39, 0.29) is 24.9 Å². The third-order valence-electron chi connectivity index (χ3n) is 4.15. The number of nitrogens with zero attached hydrogens (tertiary/aromatic N) is 1. The molecule has 0 bridgehead atoms. The number of amides is 4. The summed E-state index contributed by atoms with van der Waals surface area (Å²) in [6.45, 7) is 3.44. The van der Waals surface area contributed by atoms with Crippen LogP contribution in [-0.2, 0) is 19.1 Å². The van der Waals surface area contributed by atoms with Crippen molar-refractivity contribution < 1.29 is 23.9 Å². The molecule has 0 radical (unpaired) electrons. The number of rotatable bonds is 5. The Balaban J connectivity index is 1.96. The lowest BCUT2D eigenvalue weighted by molar-refractivity contribution is -0.158. The molecule has 1 aromatic carbocycles. The van der Waals surface area contributed by atoms with E-state index >= 15 is 0 Å². The van der Waals surface area contributed by atoms with Crippen LogP contribution in [0.15, 0.2) is 30.3 Å². The molecule has 1 aliphatic heterocycles. The Morgan fingerprint density at radius 2 is 1.88 bits per heavy atom. The van der Waals surface area contributed by atoms with E-state index in [1.165, 1.54) is 6.92 Å². The van der Waals surface area contributed by atoms with Gasteiger partial charge in [0.2, 0.25) is 5.91 Å². The Morgan fingerprint density at radius 3 is 2.48 bits per heavy atom. The van der Waals surface area contributed by atoms with Gasteiger partial charge in [0, 0.05) is 13.0 Å². The number of hydrogen-bond donors (Lipinski definition) is 2. The Morgan fingerprint density at radius 1 is 1.24 bits per heavy atom. The van der Waals surface area contributed by atoms with Crippen molar-refractivity contribution in [2.75, 3.05) is 6.54 Å². The van der Waals surface area contributed by atoms with Gasteiger partial charge in [0.15, 0.2) is 6.10 Å². The standard InChI is InChI=1S/C17H21N3O5/c1-10(12-6-4-3-5-7-12)20-9-13(8-14(20)21)16(23)25-11(2)15(22)19-17(18)24/h3-7,10-11,13H,8-9H2,1-2H3,(H3,18,19,22,24)/t10-,11-,13+/m0/s1. The molecule has 0 spiro atoms. The third kappa shape index (κ3) is 4.56.